The van der Waals surface area contributed by atoms with Gasteiger partial charge in [-0.3, -0.25) is 9.78 Å². The molecule has 1 heterocycles. The van der Waals surface area contributed by atoms with Gasteiger partial charge in [0.25, 0.3) is 5.91 Å². The number of aryl methyl sites for hydroxylation is 3. The van der Waals surface area contributed by atoms with E-state index in [2.05, 4.69) is 28.5 Å². The predicted molar refractivity (Wildman–Crippen MR) is 149 cm³/mol. The van der Waals surface area contributed by atoms with E-state index < -0.39 is 12.0 Å². The van der Waals surface area contributed by atoms with Crippen LogP contribution in [0.1, 0.15) is 34.9 Å². The van der Waals surface area contributed by atoms with Crippen molar-refractivity contribution in [1.82, 2.24) is 10.3 Å². The SMILES string of the molecule is CSCCC(NC(=O)c1ccc(CCc2cncc3ccccc23)cc1-c1ccccc1C)C(=O)O.[H-].[Li+]. The van der Waals surface area contributed by atoms with Gasteiger partial charge >= 0.3 is 24.8 Å². The Morgan fingerprint density at radius 1 is 1.00 bits per heavy atom. The number of fused-ring (bicyclic) bond motifs is 1. The van der Waals surface area contributed by atoms with Gasteiger partial charge in [0.05, 0.1) is 0 Å². The summed E-state index contributed by atoms with van der Waals surface area (Å²) >= 11 is 1.56. The molecule has 2 N–H and O–H groups in total. The monoisotopic (exact) mass is 506 g/mol. The number of benzene rings is 3. The maximum Gasteiger partial charge on any atom is 1.00 e. The zero-order valence-electron chi connectivity index (χ0n) is 22.5. The summed E-state index contributed by atoms with van der Waals surface area (Å²) < 4.78 is 0. The summed E-state index contributed by atoms with van der Waals surface area (Å²) in [6.07, 6.45) is 7.72. The zero-order valence-corrected chi connectivity index (χ0v) is 22.3. The second-order valence-corrected chi connectivity index (χ2v) is 9.85. The van der Waals surface area contributed by atoms with E-state index >= 15 is 0 Å². The number of thioether (sulfide) groups is 1. The molecule has 0 saturated heterocycles. The fourth-order valence-corrected chi connectivity index (χ4v) is 4.90. The number of carboxylic acids is 1. The minimum Gasteiger partial charge on any atom is -1.00 e. The summed E-state index contributed by atoms with van der Waals surface area (Å²) in [7, 11) is 0. The molecule has 0 aliphatic heterocycles. The number of amides is 1. The van der Waals surface area contributed by atoms with Crippen LogP contribution in [0.3, 0.4) is 0 Å². The molecule has 1 atom stereocenters. The summed E-state index contributed by atoms with van der Waals surface area (Å²) in [6.45, 7) is 2.02. The Labute approximate surface area is 235 Å². The zero-order chi connectivity index (χ0) is 25.5. The van der Waals surface area contributed by atoms with Crippen molar-refractivity contribution in [3.63, 3.8) is 0 Å². The number of rotatable bonds is 10. The Morgan fingerprint density at radius 2 is 1.76 bits per heavy atom. The standard InChI is InChI=1S/C30H30N2O3S.Li.H/c1-20-7-3-5-9-24(20)27-17-21(11-13-23-19-31-18-22-8-4-6-10-25(22)23)12-14-26(27)29(33)32-28(30(34)35)15-16-36-2;;/h3-10,12,14,17-19,28H,11,13,15-16H2,1-2H3,(H,32,33)(H,34,35);;/q;+1;-1. The number of aliphatic carboxylic acids is 1. The Balaban J connectivity index is 0.00000253. The molecular weight excluding hydrogens is 475 g/mol. The third-order valence-corrected chi connectivity index (χ3v) is 7.06. The molecule has 0 spiro atoms. The van der Waals surface area contributed by atoms with Crippen LogP contribution in [0, 0.1) is 6.92 Å². The van der Waals surface area contributed by atoms with E-state index in [0.717, 1.165) is 40.5 Å². The molecule has 1 amide bonds. The minimum atomic E-state index is -1.02. The number of hydrogen-bond acceptors (Lipinski definition) is 4. The molecule has 7 heteroatoms. The number of carbonyl (C=O) groups is 2. The van der Waals surface area contributed by atoms with Crippen LogP contribution in [0.5, 0.6) is 0 Å². The van der Waals surface area contributed by atoms with Crippen molar-refractivity contribution in [3.05, 3.63) is 101 Å². The van der Waals surface area contributed by atoms with Gasteiger partial charge in [-0.15, -0.1) is 0 Å². The van der Waals surface area contributed by atoms with Crippen LogP contribution in [-0.2, 0) is 17.6 Å². The molecule has 0 saturated carbocycles. The van der Waals surface area contributed by atoms with E-state index in [4.69, 9.17) is 0 Å². The van der Waals surface area contributed by atoms with E-state index in [9.17, 15) is 14.7 Å². The van der Waals surface area contributed by atoms with Crippen molar-refractivity contribution < 1.29 is 35.0 Å². The molecular formula is C30H31LiN2O3S. The van der Waals surface area contributed by atoms with Crippen LogP contribution in [0.2, 0.25) is 0 Å². The van der Waals surface area contributed by atoms with Gasteiger partial charge in [0.2, 0.25) is 0 Å². The molecule has 0 fully saturated rings. The molecule has 0 aliphatic rings. The summed E-state index contributed by atoms with van der Waals surface area (Å²) in [5.74, 6) is -0.731. The molecule has 0 bridgehead atoms. The van der Waals surface area contributed by atoms with Gasteiger partial charge in [-0.05, 0) is 77.5 Å². The average molecular weight is 507 g/mol. The Bertz CT molecular complexity index is 1390. The smallest absolute Gasteiger partial charge is 1.00 e. The molecule has 4 rings (SSSR count). The molecule has 1 unspecified atom stereocenters. The fraction of sp³-hybridized carbons (Fsp3) is 0.233. The van der Waals surface area contributed by atoms with Crippen molar-refractivity contribution in [3.8, 4) is 11.1 Å². The van der Waals surface area contributed by atoms with Gasteiger partial charge in [-0.25, -0.2) is 4.79 Å². The molecule has 0 radical (unpaired) electrons. The van der Waals surface area contributed by atoms with Crippen LogP contribution in [-0.4, -0.2) is 40.0 Å². The first-order valence-electron chi connectivity index (χ1n) is 12.0. The van der Waals surface area contributed by atoms with E-state index in [0.29, 0.717) is 17.7 Å². The first kappa shape index (κ1) is 28.5. The van der Waals surface area contributed by atoms with E-state index in [1.807, 2.05) is 74.1 Å². The molecule has 1 aromatic heterocycles. The third kappa shape index (κ3) is 7.05. The Kier molecular flexibility index (Phi) is 10.4. The van der Waals surface area contributed by atoms with Crippen LogP contribution in [0.25, 0.3) is 21.9 Å². The van der Waals surface area contributed by atoms with Crippen LogP contribution < -0.4 is 24.2 Å². The molecule has 3 aromatic carbocycles. The van der Waals surface area contributed by atoms with E-state index in [1.165, 1.54) is 10.9 Å². The van der Waals surface area contributed by atoms with Gasteiger partial charge in [0, 0.05) is 23.3 Å². The van der Waals surface area contributed by atoms with Gasteiger partial charge in [0.1, 0.15) is 6.04 Å². The number of hydrogen-bond donors (Lipinski definition) is 2. The second kappa shape index (κ2) is 13.5. The first-order valence-corrected chi connectivity index (χ1v) is 13.4. The normalized spacial score (nSPS) is 11.5. The van der Waals surface area contributed by atoms with Crippen molar-refractivity contribution in [1.29, 1.82) is 0 Å². The Hall–Kier alpha value is -3.04. The molecule has 5 nitrogen and oxygen atoms in total. The molecule has 37 heavy (non-hydrogen) atoms. The minimum absolute atomic E-state index is 0. The summed E-state index contributed by atoms with van der Waals surface area (Å²) in [5.41, 5.74) is 5.61. The van der Waals surface area contributed by atoms with Crippen LogP contribution in [0.4, 0.5) is 0 Å². The number of aromatic nitrogens is 1. The molecule has 186 valence electrons. The van der Waals surface area contributed by atoms with E-state index in [-0.39, 0.29) is 26.2 Å². The van der Waals surface area contributed by atoms with Crippen molar-refractivity contribution in [2.45, 2.75) is 32.2 Å². The molecule has 0 aliphatic carbocycles. The number of nitrogens with one attached hydrogen (secondary N) is 1. The summed E-state index contributed by atoms with van der Waals surface area (Å²) in [5, 5.41) is 14.7. The number of carbonyl (C=O) groups excluding carboxylic acids is 1. The average Bonchev–Trinajstić information content (AvgIpc) is 2.89. The topological polar surface area (TPSA) is 79.3 Å². The second-order valence-electron chi connectivity index (χ2n) is 8.86. The van der Waals surface area contributed by atoms with Crippen molar-refractivity contribution in [2.24, 2.45) is 0 Å². The Morgan fingerprint density at radius 3 is 2.51 bits per heavy atom. The van der Waals surface area contributed by atoms with Gasteiger partial charge in [-0.2, -0.15) is 11.8 Å². The maximum atomic E-state index is 13.3. The van der Waals surface area contributed by atoms with Gasteiger partial charge < -0.3 is 11.8 Å². The predicted octanol–water partition coefficient (Wildman–Crippen LogP) is 3.05. The van der Waals surface area contributed by atoms with Crippen molar-refractivity contribution >= 4 is 34.4 Å². The third-order valence-electron chi connectivity index (χ3n) is 6.41. The number of nitrogens with zero attached hydrogens (tertiary/aromatic N) is 1. The number of pyridine rings is 1. The quantitative estimate of drug-likeness (QED) is 0.323. The fourth-order valence-electron chi connectivity index (χ4n) is 4.43. The number of carboxylic acid groups (broad SMARTS) is 1. The summed E-state index contributed by atoms with van der Waals surface area (Å²) in [4.78, 5) is 29.4. The van der Waals surface area contributed by atoms with E-state index in [1.54, 1.807) is 11.8 Å². The first-order chi connectivity index (χ1) is 17.5. The molecule has 4 aromatic rings. The van der Waals surface area contributed by atoms with Gasteiger partial charge in [-0.1, -0.05) is 60.7 Å². The maximum absolute atomic E-state index is 13.3. The summed E-state index contributed by atoms with van der Waals surface area (Å²) in [6, 6.07) is 21.1. The van der Waals surface area contributed by atoms with Gasteiger partial charge in [0.15, 0.2) is 0 Å². The van der Waals surface area contributed by atoms with Crippen molar-refractivity contribution in [2.75, 3.05) is 12.0 Å². The van der Waals surface area contributed by atoms with Crippen LogP contribution >= 0.6 is 11.8 Å². The van der Waals surface area contributed by atoms with Crippen LogP contribution in [0.15, 0.2) is 79.1 Å². The largest absolute Gasteiger partial charge is 1.00 e.